The molecule has 11 heteroatoms. The lowest BCUT2D eigenvalue weighted by atomic mass is 9.76. The molecule has 2 N–H and O–H groups in total. The number of hydrogen-bond acceptors (Lipinski definition) is 8. The first kappa shape index (κ1) is 31.3. The Bertz CT molecular complexity index is 1930. The molecule has 4 unspecified atom stereocenters. The minimum atomic E-state index is -3.53. The molecule has 0 bridgehead atoms. The van der Waals surface area contributed by atoms with Crippen LogP contribution in [0.2, 0.25) is 0 Å². The molecule has 4 atom stereocenters. The van der Waals surface area contributed by atoms with E-state index in [1.54, 1.807) is 18.2 Å². The molecule has 2 amide bonds. The number of carbonyl (C=O) groups is 3. The van der Waals surface area contributed by atoms with E-state index in [0.29, 0.717) is 22.6 Å². The topological polar surface area (TPSA) is 139 Å². The number of hydrogen-bond donors (Lipinski definition) is 2. The number of carboxylic acids is 1. The normalized spacial score (nSPS) is 22.7. The smallest absolute Gasteiger partial charge is 0.325 e. The molecular formula is C35H34N2O8S. The van der Waals surface area contributed by atoms with Crippen molar-refractivity contribution in [3.63, 3.8) is 0 Å². The van der Waals surface area contributed by atoms with E-state index in [2.05, 4.69) is 5.32 Å². The van der Waals surface area contributed by atoms with Gasteiger partial charge in [0.1, 0.15) is 22.0 Å². The third-order valence-corrected chi connectivity index (χ3v) is 9.82. The highest BCUT2D eigenvalue weighted by atomic mass is 32.2. The van der Waals surface area contributed by atoms with Gasteiger partial charge in [0, 0.05) is 30.8 Å². The van der Waals surface area contributed by atoms with Gasteiger partial charge in [-0.15, -0.1) is 0 Å². The number of carbonyl (C=O) groups excluding carboxylic acids is 2. The van der Waals surface area contributed by atoms with Crippen LogP contribution in [0.3, 0.4) is 0 Å². The van der Waals surface area contributed by atoms with E-state index >= 15 is 0 Å². The average Bonchev–Trinajstić information content (AvgIpc) is 3.51. The number of sulfone groups is 1. The van der Waals surface area contributed by atoms with Crippen molar-refractivity contribution >= 4 is 38.4 Å². The summed E-state index contributed by atoms with van der Waals surface area (Å²) in [6, 6.07) is 26.9. The second-order valence-corrected chi connectivity index (χ2v) is 14.1. The van der Waals surface area contributed by atoms with E-state index in [1.165, 1.54) is 7.11 Å². The van der Waals surface area contributed by atoms with Crippen LogP contribution in [0.1, 0.15) is 22.7 Å². The maximum atomic E-state index is 14.1. The number of fused-ring (bicyclic) bond motifs is 2. The minimum absolute atomic E-state index is 0.103. The van der Waals surface area contributed by atoms with Gasteiger partial charge in [0.25, 0.3) is 0 Å². The van der Waals surface area contributed by atoms with Crippen LogP contribution in [0.4, 0.5) is 0 Å². The van der Waals surface area contributed by atoms with Crippen LogP contribution in [0.5, 0.6) is 11.5 Å². The second-order valence-electron chi connectivity index (χ2n) is 11.9. The van der Waals surface area contributed by atoms with Crippen molar-refractivity contribution in [2.24, 2.45) is 11.8 Å². The Kier molecular flexibility index (Phi) is 8.30. The van der Waals surface area contributed by atoms with Gasteiger partial charge in [-0.05, 0) is 28.0 Å². The summed E-state index contributed by atoms with van der Waals surface area (Å²) in [5.74, 6) is -4.85. The molecule has 0 spiro atoms. The van der Waals surface area contributed by atoms with Crippen molar-refractivity contribution in [1.82, 2.24) is 10.2 Å². The van der Waals surface area contributed by atoms with Crippen LogP contribution < -0.4 is 14.8 Å². The first-order valence-corrected chi connectivity index (χ1v) is 16.9. The zero-order chi connectivity index (χ0) is 32.6. The molecule has 10 nitrogen and oxygen atoms in total. The van der Waals surface area contributed by atoms with Gasteiger partial charge in [-0.1, -0.05) is 84.9 Å². The molecule has 0 aromatic heterocycles. The fraction of sp³-hybridized carbons (Fsp3) is 0.286. The van der Waals surface area contributed by atoms with Crippen molar-refractivity contribution in [3.8, 4) is 11.5 Å². The Hall–Kier alpha value is -4.74. The summed E-state index contributed by atoms with van der Waals surface area (Å²) in [7, 11) is -2.04. The number of para-hydroxylation sites is 1. The van der Waals surface area contributed by atoms with Crippen molar-refractivity contribution in [3.05, 3.63) is 108 Å². The number of rotatable bonds is 11. The molecule has 6 rings (SSSR count). The number of benzene rings is 4. The summed E-state index contributed by atoms with van der Waals surface area (Å²) in [6.45, 7) is -0.194. The zero-order valence-electron chi connectivity index (χ0n) is 25.4. The molecule has 2 aliphatic heterocycles. The summed E-state index contributed by atoms with van der Waals surface area (Å²) >= 11 is 0. The van der Waals surface area contributed by atoms with Crippen molar-refractivity contribution < 1.29 is 37.4 Å². The lowest BCUT2D eigenvalue weighted by Crippen LogP contribution is -2.57. The molecule has 2 fully saturated rings. The Morgan fingerprint density at radius 3 is 2.33 bits per heavy atom. The number of imide groups is 1. The molecule has 238 valence electrons. The lowest BCUT2D eigenvalue weighted by molar-refractivity contribution is -0.151. The summed E-state index contributed by atoms with van der Waals surface area (Å²) in [6.07, 6.45) is 0.922. The maximum absolute atomic E-state index is 14.1. The van der Waals surface area contributed by atoms with Crippen LogP contribution in [-0.4, -0.2) is 67.4 Å². The molecular weight excluding hydrogens is 608 g/mol. The Morgan fingerprint density at radius 2 is 1.63 bits per heavy atom. The molecule has 2 saturated heterocycles. The molecule has 0 radical (unpaired) electrons. The number of methoxy groups -OCH3 is 1. The van der Waals surface area contributed by atoms with Gasteiger partial charge in [-0.3, -0.25) is 24.6 Å². The summed E-state index contributed by atoms with van der Waals surface area (Å²) in [5.41, 5.74) is 0.100. The average molecular weight is 643 g/mol. The highest BCUT2D eigenvalue weighted by Gasteiger charge is 2.68. The summed E-state index contributed by atoms with van der Waals surface area (Å²) in [4.78, 5) is 42.5. The van der Waals surface area contributed by atoms with Crippen molar-refractivity contribution in [1.29, 1.82) is 0 Å². The van der Waals surface area contributed by atoms with Crippen LogP contribution >= 0.6 is 0 Å². The van der Waals surface area contributed by atoms with E-state index < -0.39 is 56.8 Å². The van der Waals surface area contributed by atoms with Gasteiger partial charge in [0.15, 0.2) is 11.5 Å². The number of ether oxygens (including phenoxy) is 2. The van der Waals surface area contributed by atoms with Gasteiger partial charge in [0.05, 0.1) is 24.7 Å². The third kappa shape index (κ3) is 5.72. The Morgan fingerprint density at radius 1 is 0.913 bits per heavy atom. The number of amides is 2. The maximum Gasteiger partial charge on any atom is 0.325 e. The van der Waals surface area contributed by atoms with Crippen LogP contribution in [0.15, 0.2) is 91.0 Å². The fourth-order valence-corrected chi connectivity index (χ4v) is 7.25. The van der Waals surface area contributed by atoms with E-state index in [9.17, 15) is 27.9 Å². The molecule has 0 saturated carbocycles. The lowest BCUT2D eigenvalue weighted by Gasteiger charge is -2.31. The second kappa shape index (κ2) is 12.2. The quantitative estimate of drug-likeness (QED) is 0.234. The van der Waals surface area contributed by atoms with Crippen LogP contribution in [0, 0.1) is 11.8 Å². The van der Waals surface area contributed by atoms with E-state index in [1.807, 2.05) is 72.8 Å². The van der Waals surface area contributed by atoms with Crippen molar-refractivity contribution in [2.75, 3.05) is 25.7 Å². The number of carboxylic acid groups (broad SMARTS) is 1. The van der Waals surface area contributed by atoms with Gasteiger partial charge in [0.2, 0.25) is 11.8 Å². The molecule has 4 aromatic rings. The molecule has 46 heavy (non-hydrogen) atoms. The minimum Gasteiger partial charge on any atom is -0.493 e. The van der Waals surface area contributed by atoms with Gasteiger partial charge < -0.3 is 14.6 Å². The van der Waals surface area contributed by atoms with Gasteiger partial charge in [-0.25, -0.2) is 8.42 Å². The molecule has 0 aliphatic carbocycles. The van der Waals surface area contributed by atoms with E-state index in [-0.39, 0.29) is 19.6 Å². The Labute approximate surface area is 266 Å². The highest BCUT2D eigenvalue weighted by molar-refractivity contribution is 7.90. The summed E-state index contributed by atoms with van der Waals surface area (Å²) in [5, 5.41) is 16.0. The van der Waals surface area contributed by atoms with E-state index in [4.69, 9.17) is 9.47 Å². The Balaban J connectivity index is 1.46. The van der Waals surface area contributed by atoms with Crippen LogP contribution in [0.25, 0.3) is 10.8 Å². The molecule has 2 aliphatic rings. The number of nitrogens with zero attached hydrogens (tertiary/aromatic N) is 1. The third-order valence-electron chi connectivity index (χ3n) is 8.90. The number of nitrogens with one attached hydrogen (secondary N) is 1. The zero-order valence-corrected chi connectivity index (χ0v) is 26.2. The highest BCUT2D eigenvalue weighted by Crippen LogP contribution is 2.52. The standard InChI is InChI=1S/C35H34N2O8S/c1-44-27-14-8-13-26(31(27)45-21-22-9-4-3-5-10-22)30-28-29(33(39)37(32(28)38)17-18-46(2,42)43)35(36-30,34(40)41)20-23-15-16-24-11-6-7-12-25(24)19-23/h3-16,19,28-30,36H,17-18,20-21H2,1-2H3,(H,40,41). The SMILES string of the molecule is COc1cccc(C2NC(Cc3ccc4ccccc4c3)(C(=O)O)C3C(=O)N(CCS(C)(=O)=O)C(=O)C23)c1OCc1ccccc1. The van der Waals surface area contributed by atoms with Gasteiger partial charge in [-0.2, -0.15) is 0 Å². The predicted molar refractivity (Wildman–Crippen MR) is 171 cm³/mol. The van der Waals surface area contributed by atoms with E-state index in [0.717, 1.165) is 27.5 Å². The van der Waals surface area contributed by atoms with Crippen molar-refractivity contribution in [2.45, 2.75) is 24.6 Å². The molecule has 4 aromatic carbocycles. The first-order valence-electron chi connectivity index (χ1n) is 14.9. The first-order chi connectivity index (χ1) is 22.0. The monoisotopic (exact) mass is 642 g/mol. The molecule has 2 heterocycles. The predicted octanol–water partition coefficient (Wildman–Crippen LogP) is 3.78. The fourth-order valence-electron chi connectivity index (χ4n) is 6.74. The van der Waals surface area contributed by atoms with Gasteiger partial charge >= 0.3 is 5.97 Å². The number of aliphatic carboxylic acids is 1. The largest absolute Gasteiger partial charge is 0.493 e. The van der Waals surface area contributed by atoms with Crippen LogP contribution in [-0.2, 0) is 37.2 Å². The number of likely N-dealkylation sites (tertiary alicyclic amines) is 1. The summed E-state index contributed by atoms with van der Waals surface area (Å²) < 4.78 is 36.0.